The molecule has 0 radical (unpaired) electrons. The first-order valence-electron chi connectivity index (χ1n) is 6.32. The summed E-state index contributed by atoms with van der Waals surface area (Å²) in [6.07, 6.45) is 2.13. The first kappa shape index (κ1) is 17.9. The Morgan fingerprint density at radius 1 is 1.45 bits per heavy atom. The van der Waals surface area contributed by atoms with E-state index in [1.54, 1.807) is 19.2 Å². The van der Waals surface area contributed by atoms with Crippen molar-refractivity contribution < 1.29 is 8.42 Å². The van der Waals surface area contributed by atoms with Gasteiger partial charge in [0, 0.05) is 24.1 Å². The molecule has 2 N–H and O–H groups in total. The van der Waals surface area contributed by atoms with Crippen LogP contribution in [0.25, 0.3) is 0 Å². The lowest BCUT2D eigenvalue weighted by Crippen LogP contribution is -2.43. The molecule has 1 fully saturated rings. The Morgan fingerprint density at radius 3 is 2.50 bits per heavy atom. The van der Waals surface area contributed by atoms with Gasteiger partial charge in [-0.15, -0.1) is 12.4 Å². The van der Waals surface area contributed by atoms with E-state index in [0.717, 1.165) is 18.4 Å². The Balaban J connectivity index is 0.00000200. The number of sulfonamides is 1. The summed E-state index contributed by atoms with van der Waals surface area (Å²) in [5.41, 5.74) is 6.75. The maximum atomic E-state index is 12.6. The minimum absolute atomic E-state index is 0. The number of aryl methyl sites for hydroxylation is 1. The van der Waals surface area contributed by atoms with E-state index in [4.69, 9.17) is 5.73 Å². The van der Waals surface area contributed by atoms with E-state index in [2.05, 4.69) is 15.9 Å². The van der Waals surface area contributed by atoms with Gasteiger partial charge in [-0.1, -0.05) is 6.07 Å². The van der Waals surface area contributed by atoms with Crippen molar-refractivity contribution in [1.29, 1.82) is 0 Å². The molecule has 0 spiro atoms. The monoisotopic (exact) mass is 382 g/mol. The Labute approximate surface area is 135 Å². The van der Waals surface area contributed by atoms with Crippen LogP contribution in [-0.2, 0) is 10.0 Å². The second-order valence-electron chi connectivity index (χ2n) is 5.10. The Kier molecular flexibility index (Phi) is 6.04. The van der Waals surface area contributed by atoms with E-state index in [9.17, 15) is 8.42 Å². The van der Waals surface area contributed by atoms with Crippen LogP contribution in [-0.4, -0.2) is 32.4 Å². The summed E-state index contributed by atoms with van der Waals surface area (Å²) < 4.78 is 27.3. The Morgan fingerprint density at radius 2 is 2.05 bits per heavy atom. The molecule has 0 amide bonds. The fraction of sp³-hybridized carbons (Fsp3) is 0.538. The van der Waals surface area contributed by atoms with Crippen molar-refractivity contribution in [2.24, 2.45) is 11.7 Å². The van der Waals surface area contributed by atoms with Gasteiger partial charge in [-0.2, -0.15) is 4.31 Å². The molecule has 1 unspecified atom stereocenters. The van der Waals surface area contributed by atoms with Crippen molar-refractivity contribution in [3.05, 3.63) is 28.2 Å². The van der Waals surface area contributed by atoms with Gasteiger partial charge in [-0.25, -0.2) is 8.42 Å². The van der Waals surface area contributed by atoms with E-state index in [1.165, 1.54) is 4.31 Å². The molecule has 0 aromatic heterocycles. The minimum atomic E-state index is -3.50. The summed E-state index contributed by atoms with van der Waals surface area (Å²) in [6.45, 7) is 2.29. The second-order valence-corrected chi connectivity index (χ2v) is 7.92. The van der Waals surface area contributed by atoms with Gasteiger partial charge in [0.2, 0.25) is 10.0 Å². The van der Waals surface area contributed by atoms with Crippen LogP contribution in [0.3, 0.4) is 0 Å². The standard InChI is InChI=1S/C13H19BrN2O2S.ClH/c1-9-3-6-13(11(14)7-9)19(17,18)16(2)12(8-15)10-4-5-10;/h3,6-7,10,12H,4-5,8,15H2,1-2H3;1H. The van der Waals surface area contributed by atoms with Gasteiger partial charge in [0.25, 0.3) is 0 Å². The summed E-state index contributed by atoms with van der Waals surface area (Å²) in [7, 11) is -1.87. The number of rotatable bonds is 5. The van der Waals surface area contributed by atoms with E-state index >= 15 is 0 Å². The fourth-order valence-corrected chi connectivity index (χ4v) is 4.84. The number of nitrogens with zero attached hydrogens (tertiary/aromatic N) is 1. The lowest BCUT2D eigenvalue weighted by Gasteiger charge is -2.26. The van der Waals surface area contributed by atoms with Crippen molar-refractivity contribution >= 4 is 38.4 Å². The number of halogens is 2. The van der Waals surface area contributed by atoms with Gasteiger partial charge in [-0.05, 0) is 59.3 Å². The lowest BCUT2D eigenvalue weighted by molar-refractivity contribution is 0.340. The second kappa shape index (κ2) is 6.75. The van der Waals surface area contributed by atoms with Crippen molar-refractivity contribution in [2.75, 3.05) is 13.6 Å². The highest BCUT2D eigenvalue weighted by atomic mass is 79.9. The molecule has 1 saturated carbocycles. The van der Waals surface area contributed by atoms with E-state index in [0.29, 0.717) is 21.8 Å². The van der Waals surface area contributed by atoms with Crippen LogP contribution in [0, 0.1) is 12.8 Å². The summed E-state index contributed by atoms with van der Waals surface area (Å²) in [4.78, 5) is 0.305. The largest absolute Gasteiger partial charge is 0.329 e. The zero-order valence-electron chi connectivity index (χ0n) is 11.5. The van der Waals surface area contributed by atoms with Gasteiger partial charge in [0.05, 0.1) is 4.90 Å². The first-order valence-corrected chi connectivity index (χ1v) is 8.55. The number of likely N-dealkylation sites (N-methyl/N-ethyl adjacent to an activating group) is 1. The summed E-state index contributed by atoms with van der Waals surface area (Å²) in [6, 6.07) is 5.17. The highest BCUT2D eigenvalue weighted by molar-refractivity contribution is 9.10. The van der Waals surface area contributed by atoms with E-state index in [-0.39, 0.29) is 18.4 Å². The number of benzene rings is 1. The van der Waals surface area contributed by atoms with Gasteiger partial charge >= 0.3 is 0 Å². The molecule has 1 aliphatic carbocycles. The number of nitrogens with two attached hydrogens (primary N) is 1. The molecule has 1 aromatic rings. The molecule has 1 aromatic carbocycles. The molecule has 4 nitrogen and oxygen atoms in total. The molecule has 0 aliphatic heterocycles. The highest BCUT2D eigenvalue weighted by Gasteiger charge is 2.38. The van der Waals surface area contributed by atoms with Crippen LogP contribution in [0.5, 0.6) is 0 Å². The summed E-state index contributed by atoms with van der Waals surface area (Å²) >= 11 is 3.34. The zero-order valence-corrected chi connectivity index (χ0v) is 14.8. The third-order valence-electron chi connectivity index (χ3n) is 3.62. The first-order chi connectivity index (χ1) is 8.87. The zero-order chi connectivity index (χ0) is 14.2. The predicted octanol–water partition coefficient (Wildman–Crippen LogP) is 2.54. The average Bonchev–Trinajstić information content (AvgIpc) is 3.13. The SMILES string of the molecule is Cc1ccc(S(=O)(=O)N(C)C(CN)C2CC2)c(Br)c1.Cl. The molecule has 2 rings (SSSR count). The summed E-state index contributed by atoms with van der Waals surface area (Å²) in [5.74, 6) is 0.411. The molecular formula is C13H20BrClN2O2S. The quantitative estimate of drug-likeness (QED) is 0.850. The molecule has 20 heavy (non-hydrogen) atoms. The van der Waals surface area contributed by atoms with Crippen molar-refractivity contribution in [1.82, 2.24) is 4.31 Å². The third-order valence-corrected chi connectivity index (χ3v) is 6.48. The topological polar surface area (TPSA) is 63.4 Å². The van der Waals surface area contributed by atoms with Crippen LogP contribution in [0.2, 0.25) is 0 Å². The predicted molar refractivity (Wildman–Crippen MR) is 86.6 cm³/mol. The Bertz CT molecular complexity index is 576. The maximum Gasteiger partial charge on any atom is 0.244 e. The molecule has 1 atom stereocenters. The molecule has 0 heterocycles. The molecule has 1 aliphatic rings. The van der Waals surface area contributed by atoms with Crippen LogP contribution < -0.4 is 5.73 Å². The van der Waals surface area contributed by atoms with Crippen LogP contribution in [0.15, 0.2) is 27.6 Å². The Hall–Kier alpha value is -0.140. The molecular weight excluding hydrogens is 364 g/mol. The lowest BCUT2D eigenvalue weighted by atomic mass is 10.2. The molecule has 114 valence electrons. The van der Waals surface area contributed by atoms with Crippen molar-refractivity contribution in [2.45, 2.75) is 30.7 Å². The number of hydrogen-bond acceptors (Lipinski definition) is 3. The van der Waals surface area contributed by atoms with Gasteiger partial charge in [0.15, 0.2) is 0 Å². The van der Waals surface area contributed by atoms with Crippen molar-refractivity contribution in [3.63, 3.8) is 0 Å². The fourth-order valence-electron chi connectivity index (χ4n) is 2.27. The smallest absolute Gasteiger partial charge is 0.244 e. The van der Waals surface area contributed by atoms with Gasteiger partial charge in [0.1, 0.15) is 0 Å². The number of hydrogen-bond donors (Lipinski definition) is 1. The van der Waals surface area contributed by atoms with E-state index < -0.39 is 10.0 Å². The molecule has 7 heteroatoms. The minimum Gasteiger partial charge on any atom is -0.329 e. The maximum absolute atomic E-state index is 12.6. The van der Waals surface area contributed by atoms with Crippen LogP contribution >= 0.6 is 28.3 Å². The van der Waals surface area contributed by atoms with Crippen LogP contribution in [0.4, 0.5) is 0 Å². The average molecular weight is 384 g/mol. The van der Waals surface area contributed by atoms with Crippen molar-refractivity contribution in [3.8, 4) is 0 Å². The van der Waals surface area contributed by atoms with Gasteiger partial charge < -0.3 is 5.73 Å². The molecule has 0 saturated heterocycles. The normalized spacial score (nSPS) is 16.9. The third kappa shape index (κ3) is 3.54. The van der Waals surface area contributed by atoms with Gasteiger partial charge in [-0.3, -0.25) is 0 Å². The van der Waals surface area contributed by atoms with E-state index in [1.807, 2.05) is 13.0 Å². The highest BCUT2D eigenvalue weighted by Crippen LogP contribution is 2.37. The van der Waals surface area contributed by atoms with Crippen LogP contribution in [0.1, 0.15) is 18.4 Å². The molecule has 0 bridgehead atoms. The summed E-state index contributed by atoms with van der Waals surface area (Å²) in [5, 5.41) is 0.